The number of benzene rings is 1. The first-order valence-electron chi connectivity index (χ1n) is 8.51. The van der Waals surface area contributed by atoms with Gasteiger partial charge in [-0.15, -0.1) is 22.7 Å². The molecule has 0 aliphatic heterocycles. The predicted octanol–water partition coefficient (Wildman–Crippen LogP) is 4.33. The van der Waals surface area contributed by atoms with Crippen LogP contribution in [0.15, 0.2) is 57.1 Å². The molecule has 1 amide bonds. The molecule has 0 saturated heterocycles. The van der Waals surface area contributed by atoms with E-state index in [4.69, 9.17) is 5.26 Å². The Balaban J connectivity index is 1.52. The number of carbonyl (C=O) groups excluding carboxylic acids is 1. The van der Waals surface area contributed by atoms with E-state index < -0.39 is 0 Å². The zero-order valence-corrected chi connectivity index (χ0v) is 17.7. The molecule has 144 valence electrons. The van der Waals surface area contributed by atoms with E-state index in [1.54, 1.807) is 42.6 Å². The van der Waals surface area contributed by atoms with Crippen LogP contribution in [0.25, 0.3) is 20.7 Å². The maximum absolute atomic E-state index is 12.9. The van der Waals surface area contributed by atoms with Crippen LogP contribution in [-0.2, 0) is 11.8 Å². The van der Waals surface area contributed by atoms with Crippen molar-refractivity contribution in [3.8, 4) is 16.5 Å². The first-order valence-corrected chi connectivity index (χ1v) is 11.3. The van der Waals surface area contributed by atoms with Crippen LogP contribution in [0.5, 0.6) is 0 Å². The quantitative estimate of drug-likeness (QED) is 0.370. The van der Waals surface area contributed by atoms with Crippen LogP contribution in [0, 0.1) is 11.3 Å². The van der Waals surface area contributed by atoms with Crippen LogP contribution in [-0.4, -0.2) is 21.2 Å². The van der Waals surface area contributed by atoms with Crippen LogP contribution in [0.2, 0.25) is 0 Å². The zero-order chi connectivity index (χ0) is 20.4. The third-order valence-corrected chi connectivity index (χ3v) is 7.00. The highest BCUT2D eigenvalue weighted by atomic mass is 32.2. The minimum atomic E-state index is -0.209. The van der Waals surface area contributed by atoms with Gasteiger partial charge in [-0.3, -0.25) is 14.2 Å². The normalized spacial score (nSPS) is 10.8. The lowest BCUT2D eigenvalue weighted by molar-refractivity contribution is -0.113. The van der Waals surface area contributed by atoms with Crippen molar-refractivity contribution in [1.29, 1.82) is 5.26 Å². The van der Waals surface area contributed by atoms with E-state index in [0.29, 0.717) is 26.6 Å². The number of aromatic nitrogens is 2. The molecule has 0 atom stereocenters. The Morgan fingerprint density at radius 2 is 2.07 bits per heavy atom. The summed E-state index contributed by atoms with van der Waals surface area (Å²) >= 11 is 4.23. The lowest BCUT2D eigenvalue weighted by atomic mass is 10.2. The minimum Gasteiger partial charge on any atom is -0.325 e. The van der Waals surface area contributed by atoms with Gasteiger partial charge in [0.1, 0.15) is 4.83 Å². The highest BCUT2D eigenvalue weighted by Crippen LogP contribution is 2.34. The van der Waals surface area contributed by atoms with Crippen molar-refractivity contribution in [3.05, 3.63) is 63.1 Å². The van der Waals surface area contributed by atoms with Crippen LogP contribution >= 0.6 is 34.4 Å². The molecular formula is C20H14N4O2S3. The second-order valence-electron chi connectivity index (χ2n) is 6.09. The van der Waals surface area contributed by atoms with Crippen LogP contribution < -0.4 is 10.9 Å². The molecule has 1 N–H and O–H groups in total. The SMILES string of the molecule is Cn1c(SCC(=O)Nc2ccc(C#N)cc2)nc2scc(-c3cccs3)c2c1=O. The van der Waals surface area contributed by atoms with E-state index in [1.807, 2.05) is 29.0 Å². The molecule has 0 aliphatic carbocycles. The van der Waals surface area contributed by atoms with Crippen molar-refractivity contribution < 1.29 is 4.79 Å². The first-order chi connectivity index (χ1) is 14.1. The molecule has 3 heterocycles. The van der Waals surface area contributed by atoms with Gasteiger partial charge in [-0.2, -0.15) is 5.26 Å². The number of amides is 1. The molecular weight excluding hydrogens is 424 g/mol. The van der Waals surface area contributed by atoms with Crippen molar-refractivity contribution in [2.45, 2.75) is 5.16 Å². The Morgan fingerprint density at radius 3 is 2.76 bits per heavy atom. The summed E-state index contributed by atoms with van der Waals surface area (Å²) in [6, 6.07) is 12.6. The molecule has 0 spiro atoms. The van der Waals surface area contributed by atoms with E-state index >= 15 is 0 Å². The van der Waals surface area contributed by atoms with E-state index in [1.165, 1.54) is 27.7 Å². The average molecular weight is 439 g/mol. The summed E-state index contributed by atoms with van der Waals surface area (Å²) in [7, 11) is 1.67. The van der Waals surface area contributed by atoms with Gasteiger partial charge in [0.05, 0.1) is 22.8 Å². The van der Waals surface area contributed by atoms with Gasteiger partial charge in [-0.05, 0) is 35.7 Å². The molecule has 6 nitrogen and oxygen atoms in total. The zero-order valence-electron chi connectivity index (χ0n) is 15.2. The molecule has 9 heteroatoms. The maximum atomic E-state index is 12.9. The smallest absolute Gasteiger partial charge is 0.263 e. The van der Waals surface area contributed by atoms with Gasteiger partial charge >= 0.3 is 0 Å². The van der Waals surface area contributed by atoms with E-state index in [-0.39, 0.29) is 17.2 Å². The summed E-state index contributed by atoms with van der Waals surface area (Å²) < 4.78 is 1.49. The molecule has 4 rings (SSSR count). The molecule has 29 heavy (non-hydrogen) atoms. The molecule has 0 aliphatic rings. The van der Waals surface area contributed by atoms with E-state index in [0.717, 1.165) is 10.4 Å². The number of hydrogen-bond donors (Lipinski definition) is 1. The number of nitrogens with zero attached hydrogens (tertiary/aromatic N) is 3. The van der Waals surface area contributed by atoms with Gasteiger partial charge < -0.3 is 5.32 Å². The van der Waals surface area contributed by atoms with Crippen molar-refractivity contribution >= 4 is 56.2 Å². The van der Waals surface area contributed by atoms with Gasteiger partial charge in [0.15, 0.2) is 5.16 Å². The number of thioether (sulfide) groups is 1. The summed E-state index contributed by atoms with van der Waals surface area (Å²) in [6.45, 7) is 0. The number of thiophene rings is 2. The molecule has 0 saturated carbocycles. The molecule has 0 bridgehead atoms. The average Bonchev–Trinajstić information content (AvgIpc) is 3.40. The highest BCUT2D eigenvalue weighted by molar-refractivity contribution is 7.99. The number of nitrogens with one attached hydrogen (secondary N) is 1. The molecule has 1 aromatic carbocycles. The van der Waals surface area contributed by atoms with Crippen molar-refractivity contribution in [2.24, 2.45) is 7.05 Å². The number of hydrogen-bond acceptors (Lipinski definition) is 7. The van der Waals surface area contributed by atoms with Crippen LogP contribution in [0.4, 0.5) is 5.69 Å². The van der Waals surface area contributed by atoms with E-state index in [9.17, 15) is 9.59 Å². The number of rotatable bonds is 5. The summed E-state index contributed by atoms with van der Waals surface area (Å²) in [4.78, 5) is 31.5. The largest absolute Gasteiger partial charge is 0.325 e. The number of anilines is 1. The minimum absolute atomic E-state index is 0.116. The molecule has 0 radical (unpaired) electrons. The van der Waals surface area contributed by atoms with E-state index in [2.05, 4.69) is 10.3 Å². The Hall–Kier alpha value is -2.93. The molecule has 0 unspecified atom stereocenters. The van der Waals surface area contributed by atoms with Crippen molar-refractivity contribution in [2.75, 3.05) is 11.1 Å². The monoisotopic (exact) mass is 438 g/mol. The fraction of sp³-hybridized carbons (Fsp3) is 0.100. The summed E-state index contributed by atoms with van der Waals surface area (Å²) in [6.07, 6.45) is 0. The van der Waals surface area contributed by atoms with Gasteiger partial charge in [0.25, 0.3) is 5.56 Å². The molecule has 0 fully saturated rings. The number of fused-ring (bicyclic) bond motifs is 1. The van der Waals surface area contributed by atoms with Crippen molar-refractivity contribution in [1.82, 2.24) is 9.55 Å². The predicted molar refractivity (Wildman–Crippen MR) is 119 cm³/mol. The summed E-state index contributed by atoms with van der Waals surface area (Å²) in [5, 5.41) is 16.7. The fourth-order valence-electron chi connectivity index (χ4n) is 2.75. The third kappa shape index (κ3) is 3.96. The summed E-state index contributed by atoms with van der Waals surface area (Å²) in [5.74, 6) is -0.0888. The summed E-state index contributed by atoms with van der Waals surface area (Å²) in [5.41, 5.74) is 1.94. The Bertz CT molecular complexity index is 1280. The van der Waals surface area contributed by atoms with Crippen LogP contribution in [0.3, 0.4) is 0 Å². The van der Waals surface area contributed by atoms with Crippen LogP contribution in [0.1, 0.15) is 5.56 Å². The third-order valence-electron chi connectivity index (χ3n) is 4.19. The molecule has 4 aromatic rings. The van der Waals surface area contributed by atoms with Gasteiger partial charge in [0.2, 0.25) is 5.91 Å². The van der Waals surface area contributed by atoms with Crippen molar-refractivity contribution in [3.63, 3.8) is 0 Å². The topological polar surface area (TPSA) is 87.8 Å². The Morgan fingerprint density at radius 1 is 1.28 bits per heavy atom. The molecule has 3 aromatic heterocycles. The first kappa shape index (κ1) is 19.4. The van der Waals surface area contributed by atoms with Gasteiger partial charge in [0, 0.05) is 28.6 Å². The Kier molecular flexibility index (Phi) is 5.49. The van der Waals surface area contributed by atoms with Gasteiger partial charge in [-0.25, -0.2) is 4.98 Å². The standard InChI is InChI=1S/C20H14N4O2S3/c1-24-19(26)17-14(15-3-2-8-27-15)10-28-18(17)23-20(24)29-11-16(25)22-13-6-4-12(9-21)5-7-13/h2-8,10H,11H2,1H3,(H,22,25). The second-order valence-corrected chi connectivity index (χ2v) is 8.84. The highest BCUT2D eigenvalue weighted by Gasteiger charge is 2.17. The maximum Gasteiger partial charge on any atom is 0.263 e. The Labute approximate surface area is 178 Å². The number of carbonyl (C=O) groups is 1. The lowest BCUT2D eigenvalue weighted by Gasteiger charge is -2.08. The lowest BCUT2D eigenvalue weighted by Crippen LogP contribution is -2.21. The second kappa shape index (κ2) is 8.21. The fourth-order valence-corrected chi connectivity index (χ4v) is 5.33. The number of nitriles is 1. The van der Waals surface area contributed by atoms with Gasteiger partial charge in [-0.1, -0.05) is 17.8 Å².